The molecule has 0 amide bonds. The van der Waals surface area contributed by atoms with Gasteiger partial charge >= 0.3 is 5.97 Å². The zero-order valence-electron chi connectivity index (χ0n) is 11.7. The van der Waals surface area contributed by atoms with Crippen LogP contribution in [0, 0.1) is 6.92 Å². The van der Waals surface area contributed by atoms with Gasteiger partial charge in [-0.25, -0.2) is 4.79 Å². The van der Waals surface area contributed by atoms with Gasteiger partial charge in [0.1, 0.15) is 0 Å². The third kappa shape index (κ3) is 2.77. The zero-order chi connectivity index (χ0) is 14.8. The number of pyridine rings is 1. The van der Waals surface area contributed by atoms with Crippen molar-refractivity contribution in [2.75, 3.05) is 0 Å². The maximum absolute atomic E-state index is 11.4. The second kappa shape index (κ2) is 5.37. The second-order valence-electron chi connectivity index (χ2n) is 5.18. The molecule has 1 N–H and O–H groups in total. The molecule has 0 atom stereocenters. The number of para-hydroxylation sites is 1. The highest BCUT2D eigenvalue weighted by Crippen LogP contribution is 2.19. The number of rotatable bonds is 3. The van der Waals surface area contributed by atoms with E-state index >= 15 is 0 Å². The van der Waals surface area contributed by atoms with Crippen LogP contribution in [0.1, 0.15) is 27.0 Å². The summed E-state index contributed by atoms with van der Waals surface area (Å²) in [5.74, 6) is -0.887. The van der Waals surface area contributed by atoms with Gasteiger partial charge in [0.2, 0.25) is 0 Å². The smallest absolute Gasteiger partial charge is 0.335 e. The van der Waals surface area contributed by atoms with Crippen LogP contribution in [-0.4, -0.2) is 16.1 Å². The Kier molecular flexibility index (Phi) is 3.40. The summed E-state index contributed by atoms with van der Waals surface area (Å²) in [4.78, 5) is 15.8. The van der Waals surface area contributed by atoms with E-state index in [0.29, 0.717) is 12.0 Å². The van der Waals surface area contributed by atoms with Crippen LogP contribution in [0.5, 0.6) is 0 Å². The molecule has 1 heterocycles. The predicted molar refractivity (Wildman–Crippen MR) is 82.7 cm³/mol. The molecule has 21 heavy (non-hydrogen) atoms. The SMILES string of the molecule is Cc1ccc(Cc2cnc3ccccc3c2)c(C(=O)O)c1. The van der Waals surface area contributed by atoms with Gasteiger partial charge in [0.15, 0.2) is 0 Å². The van der Waals surface area contributed by atoms with Gasteiger partial charge < -0.3 is 5.11 Å². The number of aryl methyl sites for hydroxylation is 1. The van der Waals surface area contributed by atoms with Crippen molar-refractivity contribution >= 4 is 16.9 Å². The van der Waals surface area contributed by atoms with E-state index in [1.54, 1.807) is 6.07 Å². The molecule has 1 aromatic heterocycles. The quantitative estimate of drug-likeness (QED) is 0.791. The standard InChI is InChI=1S/C18H15NO2/c1-12-6-7-14(16(8-12)18(20)21)9-13-10-15-4-2-3-5-17(15)19-11-13/h2-8,10-11H,9H2,1H3,(H,20,21). The molecule has 3 nitrogen and oxygen atoms in total. The van der Waals surface area contributed by atoms with Crippen LogP contribution in [-0.2, 0) is 6.42 Å². The highest BCUT2D eigenvalue weighted by Gasteiger charge is 2.11. The lowest BCUT2D eigenvalue weighted by molar-refractivity contribution is 0.0695. The summed E-state index contributed by atoms with van der Waals surface area (Å²) in [7, 11) is 0. The molecule has 0 unspecified atom stereocenters. The Hall–Kier alpha value is -2.68. The number of carboxylic acids is 1. The molecule has 0 aliphatic rings. The number of hydrogen-bond acceptors (Lipinski definition) is 2. The van der Waals surface area contributed by atoms with Gasteiger partial charge in [0.05, 0.1) is 11.1 Å². The monoisotopic (exact) mass is 277 g/mol. The number of fused-ring (bicyclic) bond motifs is 1. The minimum absolute atomic E-state index is 0.364. The molecule has 0 aliphatic carbocycles. The Morgan fingerprint density at radius 2 is 1.95 bits per heavy atom. The van der Waals surface area contributed by atoms with E-state index < -0.39 is 5.97 Å². The van der Waals surface area contributed by atoms with Gasteiger partial charge in [-0.15, -0.1) is 0 Å². The van der Waals surface area contributed by atoms with Crippen LogP contribution in [0.3, 0.4) is 0 Å². The Morgan fingerprint density at radius 3 is 2.76 bits per heavy atom. The van der Waals surface area contributed by atoms with Crippen molar-refractivity contribution < 1.29 is 9.90 Å². The summed E-state index contributed by atoms with van der Waals surface area (Å²) in [6, 6.07) is 15.5. The lowest BCUT2D eigenvalue weighted by atomic mass is 9.98. The first-order valence-electron chi connectivity index (χ1n) is 6.80. The summed E-state index contributed by atoms with van der Waals surface area (Å²) < 4.78 is 0. The van der Waals surface area contributed by atoms with Gasteiger partial charge in [-0.3, -0.25) is 4.98 Å². The number of hydrogen-bond donors (Lipinski definition) is 1. The maximum atomic E-state index is 11.4. The average molecular weight is 277 g/mol. The number of aromatic nitrogens is 1. The Labute approximate surface area is 122 Å². The average Bonchev–Trinajstić information content (AvgIpc) is 2.49. The number of nitrogens with zero attached hydrogens (tertiary/aromatic N) is 1. The van der Waals surface area contributed by atoms with Crippen molar-refractivity contribution in [3.05, 3.63) is 77.0 Å². The fourth-order valence-corrected chi connectivity index (χ4v) is 2.48. The molecular formula is C18H15NO2. The minimum Gasteiger partial charge on any atom is -0.478 e. The molecule has 0 saturated carbocycles. The summed E-state index contributed by atoms with van der Waals surface area (Å²) in [5, 5.41) is 10.4. The lowest BCUT2D eigenvalue weighted by Gasteiger charge is -2.08. The van der Waals surface area contributed by atoms with Crippen molar-refractivity contribution in [3.63, 3.8) is 0 Å². The van der Waals surface area contributed by atoms with E-state index in [4.69, 9.17) is 0 Å². The van der Waals surface area contributed by atoms with Gasteiger partial charge in [0.25, 0.3) is 0 Å². The number of benzene rings is 2. The maximum Gasteiger partial charge on any atom is 0.335 e. The molecule has 3 heteroatoms. The first-order chi connectivity index (χ1) is 10.1. The van der Waals surface area contributed by atoms with Crippen LogP contribution in [0.15, 0.2) is 54.7 Å². The molecule has 3 rings (SSSR count). The van der Waals surface area contributed by atoms with Crippen molar-refractivity contribution in [2.24, 2.45) is 0 Å². The Morgan fingerprint density at radius 1 is 1.14 bits per heavy atom. The predicted octanol–water partition coefficient (Wildman–Crippen LogP) is 3.83. The van der Waals surface area contributed by atoms with Gasteiger partial charge in [0, 0.05) is 11.6 Å². The van der Waals surface area contributed by atoms with Crippen LogP contribution < -0.4 is 0 Å². The van der Waals surface area contributed by atoms with Crippen LogP contribution in [0.25, 0.3) is 10.9 Å². The number of aromatic carboxylic acids is 1. The molecule has 104 valence electrons. The second-order valence-corrected chi connectivity index (χ2v) is 5.18. The molecule has 0 spiro atoms. The van der Waals surface area contributed by atoms with Gasteiger partial charge in [-0.05, 0) is 42.7 Å². The highest BCUT2D eigenvalue weighted by atomic mass is 16.4. The first-order valence-corrected chi connectivity index (χ1v) is 6.80. The molecule has 0 fully saturated rings. The molecule has 0 bridgehead atoms. The van der Waals surface area contributed by atoms with E-state index in [1.807, 2.05) is 49.5 Å². The van der Waals surface area contributed by atoms with E-state index in [0.717, 1.165) is 27.6 Å². The van der Waals surface area contributed by atoms with E-state index in [2.05, 4.69) is 11.1 Å². The summed E-state index contributed by atoms with van der Waals surface area (Å²) in [6.07, 6.45) is 2.38. The summed E-state index contributed by atoms with van der Waals surface area (Å²) in [5.41, 5.74) is 4.09. The molecule has 0 aliphatic heterocycles. The third-order valence-electron chi connectivity index (χ3n) is 3.54. The molecule has 3 aromatic rings. The first kappa shape index (κ1) is 13.3. The van der Waals surface area contributed by atoms with Gasteiger partial charge in [-0.2, -0.15) is 0 Å². The van der Waals surface area contributed by atoms with Crippen LogP contribution in [0.4, 0.5) is 0 Å². The minimum atomic E-state index is -0.887. The largest absolute Gasteiger partial charge is 0.478 e. The van der Waals surface area contributed by atoms with E-state index in [-0.39, 0.29) is 0 Å². The fourth-order valence-electron chi connectivity index (χ4n) is 2.48. The normalized spacial score (nSPS) is 10.7. The Bertz CT molecular complexity index is 824. The number of carboxylic acid groups (broad SMARTS) is 1. The highest BCUT2D eigenvalue weighted by molar-refractivity contribution is 5.89. The molecule has 0 radical (unpaired) electrons. The van der Waals surface area contributed by atoms with Crippen molar-refractivity contribution in [2.45, 2.75) is 13.3 Å². The fraction of sp³-hybridized carbons (Fsp3) is 0.111. The Balaban J connectivity index is 2.00. The number of carbonyl (C=O) groups is 1. The zero-order valence-corrected chi connectivity index (χ0v) is 11.7. The van der Waals surface area contributed by atoms with Crippen molar-refractivity contribution in [1.29, 1.82) is 0 Å². The van der Waals surface area contributed by atoms with Crippen LogP contribution >= 0.6 is 0 Å². The third-order valence-corrected chi connectivity index (χ3v) is 3.54. The van der Waals surface area contributed by atoms with E-state index in [1.165, 1.54) is 0 Å². The topological polar surface area (TPSA) is 50.2 Å². The molecular weight excluding hydrogens is 262 g/mol. The summed E-state index contributed by atoms with van der Waals surface area (Å²) in [6.45, 7) is 1.90. The van der Waals surface area contributed by atoms with Crippen molar-refractivity contribution in [3.8, 4) is 0 Å². The van der Waals surface area contributed by atoms with Crippen LogP contribution in [0.2, 0.25) is 0 Å². The lowest BCUT2D eigenvalue weighted by Crippen LogP contribution is -2.04. The van der Waals surface area contributed by atoms with E-state index in [9.17, 15) is 9.90 Å². The molecule has 2 aromatic carbocycles. The molecule has 0 saturated heterocycles. The summed E-state index contributed by atoms with van der Waals surface area (Å²) >= 11 is 0. The van der Waals surface area contributed by atoms with Crippen molar-refractivity contribution in [1.82, 2.24) is 4.98 Å². The van der Waals surface area contributed by atoms with Gasteiger partial charge in [-0.1, -0.05) is 35.9 Å².